The first-order valence-corrected chi connectivity index (χ1v) is 6.24. The smallest absolute Gasteiger partial charge is 0.481 e. The summed E-state index contributed by atoms with van der Waals surface area (Å²) in [5.41, 5.74) is 0.658. The highest BCUT2D eigenvalue weighted by Gasteiger charge is 2.38. The Bertz CT molecular complexity index is 543. The van der Waals surface area contributed by atoms with E-state index in [4.69, 9.17) is 15.0 Å². The molecule has 0 aliphatic heterocycles. The van der Waals surface area contributed by atoms with E-state index in [2.05, 4.69) is 0 Å². The summed E-state index contributed by atoms with van der Waals surface area (Å²) < 4.78 is 31.7. The maximum atomic E-state index is 11.5. The molecule has 6 nitrogen and oxygen atoms in total. The molecule has 1 unspecified atom stereocenters. The fourth-order valence-electron chi connectivity index (χ4n) is 1.39. The monoisotopic (exact) mass is 335 g/mol. The number of aliphatic carboxylic acids is 2. The number of halogens is 3. The van der Waals surface area contributed by atoms with Gasteiger partial charge in [0.2, 0.25) is 5.91 Å². The second kappa shape index (κ2) is 8.76. The van der Waals surface area contributed by atoms with Crippen molar-refractivity contribution in [1.29, 1.82) is 0 Å². The molecule has 128 valence electrons. The summed E-state index contributed by atoms with van der Waals surface area (Å²) in [5, 5.41) is 16.2. The van der Waals surface area contributed by atoms with Crippen molar-refractivity contribution in [2.75, 3.05) is 14.1 Å². The van der Waals surface area contributed by atoms with Crippen molar-refractivity contribution in [1.82, 2.24) is 4.90 Å². The van der Waals surface area contributed by atoms with Gasteiger partial charge in [-0.3, -0.25) is 9.59 Å². The third kappa shape index (κ3) is 7.84. The number of carbonyl (C=O) groups is 3. The van der Waals surface area contributed by atoms with Crippen LogP contribution in [0, 0.1) is 0 Å². The van der Waals surface area contributed by atoms with Crippen LogP contribution < -0.4 is 0 Å². The van der Waals surface area contributed by atoms with E-state index in [1.807, 2.05) is 6.07 Å². The van der Waals surface area contributed by atoms with Crippen LogP contribution in [0.3, 0.4) is 0 Å². The lowest BCUT2D eigenvalue weighted by atomic mass is 9.95. The topological polar surface area (TPSA) is 94.9 Å². The molecule has 0 aromatic heterocycles. The molecule has 0 saturated heterocycles. The van der Waals surface area contributed by atoms with Crippen LogP contribution in [-0.4, -0.2) is 53.2 Å². The van der Waals surface area contributed by atoms with Crippen molar-refractivity contribution < 1.29 is 37.8 Å². The van der Waals surface area contributed by atoms with E-state index in [-0.39, 0.29) is 12.3 Å². The van der Waals surface area contributed by atoms with Gasteiger partial charge in [-0.15, -0.1) is 0 Å². The second-order valence-corrected chi connectivity index (χ2v) is 4.60. The van der Waals surface area contributed by atoms with Crippen LogP contribution in [0.1, 0.15) is 17.9 Å². The van der Waals surface area contributed by atoms with Gasteiger partial charge < -0.3 is 15.1 Å². The number of hydrogen-bond acceptors (Lipinski definition) is 3. The molecule has 1 atom stereocenters. The first-order chi connectivity index (χ1) is 10.5. The summed E-state index contributed by atoms with van der Waals surface area (Å²) in [7, 11) is 3.23. The van der Waals surface area contributed by atoms with Gasteiger partial charge in [-0.1, -0.05) is 30.3 Å². The molecule has 1 aromatic carbocycles. The molecule has 2 N–H and O–H groups in total. The van der Waals surface area contributed by atoms with Gasteiger partial charge in [-0.25, -0.2) is 4.79 Å². The van der Waals surface area contributed by atoms with E-state index < -0.39 is 24.0 Å². The van der Waals surface area contributed by atoms with E-state index in [0.29, 0.717) is 5.56 Å². The van der Waals surface area contributed by atoms with E-state index >= 15 is 0 Å². The molecule has 0 radical (unpaired) electrons. The zero-order valence-corrected chi connectivity index (χ0v) is 12.4. The van der Waals surface area contributed by atoms with E-state index in [1.165, 1.54) is 4.90 Å². The third-order valence-corrected chi connectivity index (χ3v) is 2.62. The van der Waals surface area contributed by atoms with Gasteiger partial charge in [-0.2, -0.15) is 13.2 Å². The maximum Gasteiger partial charge on any atom is 0.490 e. The van der Waals surface area contributed by atoms with Crippen LogP contribution in [-0.2, 0) is 14.4 Å². The van der Waals surface area contributed by atoms with Gasteiger partial charge in [-0.05, 0) is 5.56 Å². The summed E-state index contributed by atoms with van der Waals surface area (Å²) in [6.45, 7) is 0. The number of rotatable bonds is 4. The molecule has 1 rings (SSSR count). The number of hydrogen-bond donors (Lipinski definition) is 2. The van der Waals surface area contributed by atoms with Crippen LogP contribution in [0.5, 0.6) is 0 Å². The van der Waals surface area contributed by atoms with Crippen LogP contribution in [0.25, 0.3) is 0 Å². The van der Waals surface area contributed by atoms with Crippen molar-refractivity contribution in [3.05, 3.63) is 35.9 Å². The molecule has 0 heterocycles. The lowest BCUT2D eigenvalue weighted by Gasteiger charge is -2.15. The van der Waals surface area contributed by atoms with Gasteiger partial charge in [0.15, 0.2) is 0 Å². The van der Waals surface area contributed by atoms with Crippen molar-refractivity contribution >= 4 is 17.8 Å². The zero-order chi connectivity index (χ0) is 18.2. The summed E-state index contributed by atoms with van der Waals surface area (Å²) in [4.78, 5) is 32.9. The van der Waals surface area contributed by atoms with Gasteiger partial charge >= 0.3 is 18.1 Å². The van der Waals surface area contributed by atoms with Crippen LogP contribution in [0.4, 0.5) is 13.2 Å². The Morgan fingerprint density at radius 3 is 1.83 bits per heavy atom. The fraction of sp³-hybridized carbons (Fsp3) is 0.357. The lowest BCUT2D eigenvalue weighted by Crippen LogP contribution is -2.26. The Hall–Kier alpha value is -2.58. The first-order valence-electron chi connectivity index (χ1n) is 6.24. The van der Waals surface area contributed by atoms with Gasteiger partial charge in [0.25, 0.3) is 0 Å². The first kappa shape index (κ1) is 20.4. The highest BCUT2D eigenvalue weighted by atomic mass is 19.4. The van der Waals surface area contributed by atoms with Gasteiger partial charge in [0, 0.05) is 20.5 Å². The predicted octanol–water partition coefficient (Wildman–Crippen LogP) is 1.97. The molecule has 1 aromatic rings. The Morgan fingerprint density at radius 2 is 1.52 bits per heavy atom. The zero-order valence-electron chi connectivity index (χ0n) is 12.4. The van der Waals surface area contributed by atoms with Crippen molar-refractivity contribution in [3.8, 4) is 0 Å². The van der Waals surface area contributed by atoms with Gasteiger partial charge in [0.05, 0.1) is 5.92 Å². The molecule has 0 bridgehead atoms. The predicted molar refractivity (Wildman–Crippen MR) is 73.8 cm³/mol. The summed E-state index contributed by atoms with van der Waals surface area (Å²) in [6, 6.07) is 8.80. The maximum absolute atomic E-state index is 11.5. The number of carboxylic acid groups (broad SMARTS) is 2. The highest BCUT2D eigenvalue weighted by molar-refractivity contribution is 5.85. The molecule has 0 spiro atoms. The molecule has 1 amide bonds. The molecule has 0 fully saturated rings. The summed E-state index contributed by atoms with van der Waals surface area (Å²) >= 11 is 0. The Labute approximate surface area is 130 Å². The van der Waals surface area contributed by atoms with Crippen LogP contribution in [0.2, 0.25) is 0 Å². The molecule has 0 aliphatic carbocycles. The number of carboxylic acids is 2. The number of amides is 1. The quantitative estimate of drug-likeness (QED) is 0.877. The number of carbonyl (C=O) groups excluding carboxylic acids is 1. The normalized spacial score (nSPS) is 11.7. The van der Waals surface area contributed by atoms with Crippen LogP contribution >= 0.6 is 0 Å². The molecule has 9 heteroatoms. The molecule has 23 heavy (non-hydrogen) atoms. The Morgan fingerprint density at radius 1 is 1.09 bits per heavy atom. The van der Waals surface area contributed by atoms with E-state index in [1.54, 1.807) is 38.4 Å². The number of alkyl halides is 3. The minimum atomic E-state index is -5.08. The van der Waals surface area contributed by atoms with Crippen molar-refractivity contribution in [3.63, 3.8) is 0 Å². The van der Waals surface area contributed by atoms with Crippen molar-refractivity contribution in [2.24, 2.45) is 0 Å². The fourth-order valence-corrected chi connectivity index (χ4v) is 1.39. The number of nitrogens with zero attached hydrogens (tertiary/aromatic N) is 1. The minimum absolute atomic E-state index is 0.00759. The molecular weight excluding hydrogens is 319 g/mol. The SMILES string of the molecule is CN(C)C(=O)CC(C(=O)O)c1ccccc1.O=C(O)C(F)(F)F. The van der Waals surface area contributed by atoms with Crippen molar-refractivity contribution in [2.45, 2.75) is 18.5 Å². The van der Waals surface area contributed by atoms with E-state index in [0.717, 1.165) is 0 Å². The minimum Gasteiger partial charge on any atom is -0.481 e. The molecule has 0 aliphatic rings. The largest absolute Gasteiger partial charge is 0.490 e. The highest BCUT2D eigenvalue weighted by Crippen LogP contribution is 2.20. The third-order valence-electron chi connectivity index (χ3n) is 2.62. The van der Waals surface area contributed by atoms with Gasteiger partial charge in [0.1, 0.15) is 0 Å². The molecule has 0 saturated carbocycles. The number of benzene rings is 1. The van der Waals surface area contributed by atoms with E-state index in [9.17, 15) is 22.8 Å². The van der Waals surface area contributed by atoms with Crippen LogP contribution in [0.15, 0.2) is 30.3 Å². The summed E-state index contributed by atoms with van der Waals surface area (Å²) in [6.07, 6.45) is -5.09. The average molecular weight is 335 g/mol. The standard InChI is InChI=1S/C12H15NO3.C2HF3O2/c1-13(2)11(14)8-10(12(15)16)9-6-4-3-5-7-9;3-2(4,5)1(6)7/h3-7,10H,8H2,1-2H3,(H,15,16);(H,6,7). The average Bonchev–Trinajstić information content (AvgIpc) is 2.44. The Kier molecular flexibility index (Phi) is 7.78. The Balaban J connectivity index is 0.000000585. The molecular formula is C14H16F3NO5. The summed E-state index contributed by atoms with van der Waals surface area (Å²) in [5.74, 6) is -4.68. The lowest BCUT2D eigenvalue weighted by molar-refractivity contribution is -0.192. The second-order valence-electron chi connectivity index (χ2n) is 4.60.